The van der Waals surface area contributed by atoms with E-state index in [2.05, 4.69) is 15.2 Å². The van der Waals surface area contributed by atoms with Gasteiger partial charge in [0, 0.05) is 18.6 Å². The molecule has 2 aliphatic rings. The van der Waals surface area contributed by atoms with Gasteiger partial charge in [0.1, 0.15) is 6.54 Å². The van der Waals surface area contributed by atoms with Gasteiger partial charge in [-0.2, -0.15) is 0 Å². The second kappa shape index (κ2) is 6.48. The highest BCUT2D eigenvalue weighted by atomic mass is 16.2. The molecular formula is C18H22N4O3. The molecule has 2 aromatic rings. The van der Waals surface area contributed by atoms with Crippen LogP contribution in [0.25, 0.3) is 10.9 Å². The zero-order valence-electron chi connectivity index (χ0n) is 14.0. The number of nitrogens with zero attached hydrogens (tertiary/aromatic N) is 2. The van der Waals surface area contributed by atoms with Gasteiger partial charge in [-0.25, -0.2) is 4.79 Å². The van der Waals surface area contributed by atoms with Gasteiger partial charge in [-0.15, -0.1) is 0 Å². The fraction of sp³-hybridized carbons (Fsp3) is 0.500. The molecule has 7 heteroatoms. The highest BCUT2D eigenvalue weighted by molar-refractivity contribution is 5.79. The Morgan fingerprint density at radius 2 is 2.00 bits per heavy atom. The normalized spacial score (nSPS) is 23.5. The minimum Gasteiger partial charge on any atom is -0.350 e. The molecule has 0 unspecified atom stereocenters. The molecule has 2 saturated heterocycles. The maximum absolute atomic E-state index is 12.5. The van der Waals surface area contributed by atoms with Crippen molar-refractivity contribution < 1.29 is 4.79 Å². The minimum absolute atomic E-state index is 0.114. The molecule has 0 aliphatic carbocycles. The number of fused-ring (bicyclic) bond motifs is 2. The molecule has 7 nitrogen and oxygen atoms in total. The number of H-pyrrole nitrogens is 1. The molecule has 1 aromatic carbocycles. The largest absolute Gasteiger partial charge is 0.350 e. The fourth-order valence-corrected chi connectivity index (χ4v) is 4.15. The molecule has 4 rings (SSSR count). The molecule has 2 fully saturated rings. The van der Waals surface area contributed by atoms with E-state index < -0.39 is 11.2 Å². The number of nitrogens with one attached hydrogen (secondary N) is 2. The standard InChI is InChI=1S/C18H22N4O3/c23-16(19-14-8-10-21-9-4-3-7-15(14)21)11-22-17(24)12-5-1-2-6-13(12)20-18(22)25/h1-2,5-6,14-15H,3-4,7-11H2,(H,19,23)(H,20,25)/t14-,15-/m0/s1. The van der Waals surface area contributed by atoms with Crippen molar-refractivity contribution in [3.8, 4) is 0 Å². The van der Waals surface area contributed by atoms with E-state index in [1.165, 1.54) is 12.8 Å². The van der Waals surface area contributed by atoms with Crippen LogP contribution in [0, 0.1) is 0 Å². The van der Waals surface area contributed by atoms with Gasteiger partial charge in [0.05, 0.1) is 10.9 Å². The van der Waals surface area contributed by atoms with Crippen molar-refractivity contribution in [2.75, 3.05) is 13.1 Å². The number of piperidine rings is 1. The molecule has 0 bridgehead atoms. The second-order valence-corrected chi connectivity index (χ2v) is 6.93. The van der Waals surface area contributed by atoms with Crippen LogP contribution in [-0.4, -0.2) is 45.5 Å². The van der Waals surface area contributed by atoms with E-state index in [0.29, 0.717) is 16.9 Å². The van der Waals surface area contributed by atoms with E-state index >= 15 is 0 Å². The number of aromatic amines is 1. The highest BCUT2D eigenvalue weighted by Crippen LogP contribution is 2.27. The summed E-state index contributed by atoms with van der Waals surface area (Å²) in [7, 11) is 0. The van der Waals surface area contributed by atoms with Crippen LogP contribution in [0.3, 0.4) is 0 Å². The third-order valence-corrected chi connectivity index (χ3v) is 5.39. The van der Waals surface area contributed by atoms with Crippen LogP contribution >= 0.6 is 0 Å². The van der Waals surface area contributed by atoms with E-state index in [-0.39, 0.29) is 18.5 Å². The number of aromatic nitrogens is 2. The van der Waals surface area contributed by atoms with Gasteiger partial charge in [-0.3, -0.25) is 19.1 Å². The molecular weight excluding hydrogens is 320 g/mol. The predicted octanol–water partition coefficient (Wildman–Crippen LogP) is 0.433. The molecule has 2 aliphatic heterocycles. The number of rotatable bonds is 3. The monoisotopic (exact) mass is 342 g/mol. The van der Waals surface area contributed by atoms with E-state index in [4.69, 9.17) is 0 Å². The van der Waals surface area contributed by atoms with E-state index in [1.807, 2.05) is 0 Å². The average molecular weight is 342 g/mol. The fourth-order valence-electron chi connectivity index (χ4n) is 4.15. The lowest BCUT2D eigenvalue weighted by Gasteiger charge is -2.32. The average Bonchev–Trinajstić information content (AvgIpc) is 3.02. The molecule has 0 radical (unpaired) electrons. The Bertz CT molecular complexity index is 916. The summed E-state index contributed by atoms with van der Waals surface area (Å²) in [5, 5.41) is 3.45. The van der Waals surface area contributed by atoms with Crippen LogP contribution in [0.5, 0.6) is 0 Å². The van der Waals surface area contributed by atoms with Gasteiger partial charge in [-0.05, 0) is 37.9 Å². The summed E-state index contributed by atoms with van der Waals surface area (Å²) in [5.74, 6) is -0.277. The quantitative estimate of drug-likeness (QED) is 0.847. The smallest absolute Gasteiger partial charge is 0.329 e. The van der Waals surface area contributed by atoms with E-state index in [9.17, 15) is 14.4 Å². The topological polar surface area (TPSA) is 87.2 Å². The number of hydrogen-bond donors (Lipinski definition) is 2. The lowest BCUT2D eigenvalue weighted by atomic mass is 9.99. The molecule has 1 amide bonds. The highest BCUT2D eigenvalue weighted by Gasteiger charge is 2.36. The summed E-state index contributed by atoms with van der Waals surface area (Å²) in [6.45, 7) is 1.86. The third-order valence-electron chi connectivity index (χ3n) is 5.39. The summed E-state index contributed by atoms with van der Waals surface area (Å²) in [6.07, 6.45) is 4.44. The summed E-state index contributed by atoms with van der Waals surface area (Å²) >= 11 is 0. The lowest BCUT2D eigenvalue weighted by Crippen LogP contribution is -2.49. The van der Waals surface area contributed by atoms with Crippen molar-refractivity contribution >= 4 is 16.8 Å². The van der Waals surface area contributed by atoms with Crippen LogP contribution in [0.2, 0.25) is 0 Å². The van der Waals surface area contributed by atoms with Crippen LogP contribution in [0.15, 0.2) is 33.9 Å². The second-order valence-electron chi connectivity index (χ2n) is 6.93. The van der Waals surface area contributed by atoms with Crippen molar-refractivity contribution in [3.05, 3.63) is 45.1 Å². The summed E-state index contributed by atoms with van der Waals surface area (Å²) in [4.78, 5) is 42.2. The van der Waals surface area contributed by atoms with Gasteiger partial charge >= 0.3 is 5.69 Å². The van der Waals surface area contributed by atoms with E-state index in [1.54, 1.807) is 24.3 Å². The minimum atomic E-state index is -0.551. The number of carbonyl (C=O) groups excluding carboxylic acids is 1. The maximum atomic E-state index is 12.5. The first-order valence-electron chi connectivity index (χ1n) is 8.89. The molecule has 132 valence electrons. The summed E-state index contributed by atoms with van der Waals surface area (Å²) in [5.41, 5.74) is -0.493. The first-order valence-corrected chi connectivity index (χ1v) is 8.89. The van der Waals surface area contributed by atoms with Crippen molar-refractivity contribution in [2.45, 2.75) is 44.3 Å². The van der Waals surface area contributed by atoms with Gasteiger partial charge in [0.15, 0.2) is 0 Å². The van der Waals surface area contributed by atoms with Crippen molar-refractivity contribution in [2.24, 2.45) is 0 Å². The Balaban J connectivity index is 1.52. The molecule has 3 heterocycles. The van der Waals surface area contributed by atoms with Gasteiger partial charge in [0.25, 0.3) is 5.56 Å². The first-order chi connectivity index (χ1) is 12.1. The first kappa shape index (κ1) is 16.1. The Kier molecular flexibility index (Phi) is 4.17. The lowest BCUT2D eigenvalue weighted by molar-refractivity contribution is -0.122. The van der Waals surface area contributed by atoms with E-state index in [0.717, 1.165) is 30.5 Å². The Morgan fingerprint density at radius 3 is 2.88 bits per heavy atom. The van der Waals surface area contributed by atoms with Gasteiger partial charge in [-0.1, -0.05) is 18.6 Å². The van der Waals surface area contributed by atoms with Gasteiger partial charge < -0.3 is 10.3 Å². The Morgan fingerprint density at radius 1 is 1.16 bits per heavy atom. The SMILES string of the molecule is O=C(Cn1c(=O)[nH]c2ccccc2c1=O)N[C@H]1CCN2CCCC[C@@H]12. The number of amides is 1. The summed E-state index contributed by atoms with van der Waals surface area (Å²) in [6, 6.07) is 7.33. The molecule has 1 aromatic heterocycles. The third kappa shape index (κ3) is 3.00. The summed E-state index contributed by atoms with van der Waals surface area (Å²) < 4.78 is 0.977. The van der Waals surface area contributed by atoms with Gasteiger partial charge in [0.2, 0.25) is 5.91 Å². The zero-order chi connectivity index (χ0) is 17.4. The Labute approximate surface area is 144 Å². The van der Waals surface area contributed by atoms with Crippen LogP contribution in [-0.2, 0) is 11.3 Å². The van der Waals surface area contributed by atoms with Crippen LogP contribution in [0.1, 0.15) is 25.7 Å². The van der Waals surface area contributed by atoms with Crippen LogP contribution < -0.4 is 16.6 Å². The number of para-hydroxylation sites is 1. The number of hydrogen-bond acceptors (Lipinski definition) is 4. The van der Waals surface area contributed by atoms with Crippen molar-refractivity contribution in [1.82, 2.24) is 19.8 Å². The molecule has 25 heavy (non-hydrogen) atoms. The Hall–Kier alpha value is -2.41. The zero-order valence-corrected chi connectivity index (χ0v) is 14.0. The molecule has 0 spiro atoms. The predicted molar refractivity (Wildman–Crippen MR) is 94.6 cm³/mol. The number of benzene rings is 1. The van der Waals surface area contributed by atoms with Crippen molar-refractivity contribution in [1.29, 1.82) is 0 Å². The maximum Gasteiger partial charge on any atom is 0.329 e. The van der Waals surface area contributed by atoms with Crippen LogP contribution in [0.4, 0.5) is 0 Å². The molecule has 0 saturated carbocycles. The molecule has 2 N–H and O–H groups in total. The van der Waals surface area contributed by atoms with Crippen molar-refractivity contribution in [3.63, 3.8) is 0 Å². The molecule has 2 atom stereocenters. The number of carbonyl (C=O) groups is 1.